The van der Waals surface area contributed by atoms with E-state index >= 15 is 0 Å². The van der Waals surface area contributed by atoms with Crippen LogP contribution >= 0.6 is 11.3 Å². The van der Waals surface area contributed by atoms with Gasteiger partial charge in [0, 0.05) is 18.0 Å². The minimum atomic E-state index is -3.54. The number of thiophene rings is 1. The zero-order valence-electron chi connectivity index (χ0n) is 13.1. The summed E-state index contributed by atoms with van der Waals surface area (Å²) in [5.41, 5.74) is 1.07. The second-order valence-corrected chi connectivity index (χ2v) is 8.48. The number of aromatic nitrogens is 1. The first kappa shape index (κ1) is 16.2. The Morgan fingerprint density at radius 2 is 2.17 bits per heavy atom. The fourth-order valence-electron chi connectivity index (χ4n) is 2.74. The average molecular weight is 348 g/mol. The van der Waals surface area contributed by atoms with Gasteiger partial charge in [-0.05, 0) is 49.5 Å². The topological polar surface area (TPSA) is 42.3 Å². The van der Waals surface area contributed by atoms with Crippen LogP contribution in [0.15, 0.2) is 46.6 Å². The smallest absolute Gasteiger partial charge is 0.277 e. The molecule has 0 N–H and O–H groups in total. The van der Waals surface area contributed by atoms with E-state index in [0.717, 1.165) is 30.4 Å². The van der Waals surface area contributed by atoms with Crippen LogP contribution in [0.1, 0.15) is 13.3 Å². The van der Waals surface area contributed by atoms with Crippen molar-refractivity contribution < 1.29 is 8.42 Å². The molecule has 6 heteroatoms. The van der Waals surface area contributed by atoms with E-state index in [9.17, 15) is 8.42 Å². The van der Waals surface area contributed by atoms with E-state index in [1.54, 1.807) is 23.7 Å². The predicted octanol–water partition coefficient (Wildman–Crippen LogP) is 1.63. The Bertz CT molecular complexity index is 918. The SMILES string of the molecule is C=C/C(CN1CCC1)=c1/ccn(S(=O)(=O)c2cccs2)/c1=C/C. The molecule has 0 amide bonds. The third-order valence-electron chi connectivity index (χ3n) is 4.11. The summed E-state index contributed by atoms with van der Waals surface area (Å²) in [6, 6.07) is 5.26. The minimum absolute atomic E-state index is 0.352. The lowest BCUT2D eigenvalue weighted by molar-refractivity contribution is 0.207. The van der Waals surface area contributed by atoms with E-state index in [0.29, 0.717) is 9.56 Å². The summed E-state index contributed by atoms with van der Waals surface area (Å²) >= 11 is 1.23. The van der Waals surface area contributed by atoms with Crippen molar-refractivity contribution in [1.82, 2.24) is 8.87 Å². The summed E-state index contributed by atoms with van der Waals surface area (Å²) in [7, 11) is -3.54. The van der Waals surface area contributed by atoms with Gasteiger partial charge in [0.05, 0.1) is 5.35 Å². The van der Waals surface area contributed by atoms with Crippen molar-refractivity contribution in [2.75, 3.05) is 19.6 Å². The van der Waals surface area contributed by atoms with Crippen molar-refractivity contribution >= 4 is 33.0 Å². The van der Waals surface area contributed by atoms with Crippen molar-refractivity contribution in [3.8, 4) is 0 Å². The molecule has 2 aromatic rings. The van der Waals surface area contributed by atoms with Gasteiger partial charge in [-0.25, -0.2) is 3.97 Å². The molecule has 0 atom stereocenters. The molecule has 1 fully saturated rings. The first-order valence-electron chi connectivity index (χ1n) is 7.58. The molecular weight excluding hydrogens is 328 g/mol. The lowest BCUT2D eigenvalue weighted by atomic mass is 10.1. The summed E-state index contributed by atoms with van der Waals surface area (Å²) in [6.07, 6.45) is 6.55. The molecule has 3 heterocycles. The molecule has 4 nitrogen and oxygen atoms in total. The number of rotatable bonds is 5. The maximum absolute atomic E-state index is 12.8. The standard InChI is InChI=1S/C17H20N2O2S2/c1-3-14(13-18-9-6-10-18)15-8-11-19(16(15)4-2)23(20,21)17-7-5-12-22-17/h3-5,7-8,11-12H,1,6,9-10,13H2,2H3/b15-14+,16-4+. The lowest BCUT2D eigenvalue weighted by Gasteiger charge is -2.30. The Labute approximate surface area is 140 Å². The van der Waals surface area contributed by atoms with Gasteiger partial charge >= 0.3 is 0 Å². The Kier molecular flexibility index (Phi) is 4.57. The molecule has 0 bridgehead atoms. The molecule has 2 aromatic heterocycles. The molecule has 23 heavy (non-hydrogen) atoms. The molecule has 0 saturated carbocycles. The van der Waals surface area contributed by atoms with Crippen LogP contribution in [-0.4, -0.2) is 36.9 Å². The number of hydrogen-bond acceptors (Lipinski definition) is 4. The third-order valence-corrected chi connectivity index (χ3v) is 7.17. The monoisotopic (exact) mass is 348 g/mol. The van der Waals surface area contributed by atoms with Crippen LogP contribution in [0.3, 0.4) is 0 Å². The van der Waals surface area contributed by atoms with Gasteiger partial charge in [-0.15, -0.1) is 11.3 Å². The second-order valence-electron chi connectivity index (χ2n) is 5.50. The molecule has 3 rings (SSSR count). The quantitative estimate of drug-likeness (QED) is 0.825. The fraction of sp³-hybridized carbons (Fsp3) is 0.294. The zero-order chi connectivity index (χ0) is 16.4. The van der Waals surface area contributed by atoms with Crippen LogP contribution in [0.4, 0.5) is 0 Å². The largest absolute Gasteiger partial charge is 0.299 e. The molecule has 0 aromatic carbocycles. The maximum atomic E-state index is 12.8. The average Bonchev–Trinajstić information content (AvgIpc) is 3.16. The van der Waals surface area contributed by atoms with Gasteiger partial charge in [-0.1, -0.05) is 24.8 Å². The molecule has 0 spiro atoms. The fourth-order valence-corrected chi connectivity index (χ4v) is 5.21. The van der Waals surface area contributed by atoms with Gasteiger partial charge in [0.15, 0.2) is 0 Å². The first-order chi connectivity index (χ1) is 11.1. The third kappa shape index (κ3) is 2.94. The van der Waals surface area contributed by atoms with E-state index in [2.05, 4.69) is 11.5 Å². The van der Waals surface area contributed by atoms with Crippen molar-refractivity contribution in [3.05, 3.63) is 53.0 Å². The van der Waals surface area contributed by atoms with Gasteiger partial charge < -0.3 is 0 Å². The minimum Gasteiger partial charge on any atom is -0.299 e. The van der Waals surface area contributed by atoms with Crippen LogP contribution in [-0.2, 0) is 10.0 Å². The van der Waals surface area contributed by atoms with Crippen LogP contribution in [0, 0.1) is 0 Å². The molecule has 122 valence electrons. The highest BCUT2D eigenvalue weighted by atomic mass is 32.2. The first-order valence-corrected chi connectivity index (χ1v) is 9.90. The van der Waals surface area contributed by atoms with Gasteiger partial charge in [0.2, 0.25) is 0 Å². The molecule has 0 unspecified atom stereocenters. The number of hydrogen-bond donors (Lipinski definition) is 0. The molecule has 1 aliphatic heterocycles. The van der Waals surface area contributed by atoms with Gasteiger partial charge in [-0.2, -0.15) is 8.42 Å². The van der Waals surface area contributed by atoms with Crippen molar-refractivity contribution in [2.24, 2.45) is 0 Å². The number of likely N-dealkylation sites (tertiary alicyclic amines) is 1. The Balaban J connectivity index is 2.16. The molecular formula is C17H20N2O2S2. The predicted molar refractivity (Wildman–Crippen MR) is 95.4 cm³/mol. The highest BCUT2D eigenvalue weighted by Gasteiger charge is 2.20. The highest BCUT2D eigenvalue weighted by molar-refractivity contribution is 7.92. The highest BCUT2D eigenvalue weighted by Crippen LogP contribution is 2.17. The second kappa shape index (κ2) is 6.47. The summed E-state index contributed by atoms with van der Waals surface area (Å²) in [5, 5.41) is 3.42. The van der Waals surface area contributed by atoms with Crippen LogP contribution in [0.5, 0.6) is 0 Å². The molecule has 1 saturated heterocycles. The lowest BCUT2D eigenvalue weighted by Crippen LogP contribution is -2.41. The van der Waals surface area contributed by atoms with Crippen molar-refractivity contribution in [3.63, 3.8) is 0 Å². The van der Waals surface area contributed by atoms with Crippen molar-refractivity contribution in [1.29, 1.82) is 0 Å². The summed E-state index contributed by atoms with van der Waals surface area (Å²) in [4.78, 5) is 2.33. The van der Waals surface area contributed by atoms with E-state index in [1.165, 1.54) is 21.7 Å². The van der Waals surface area contributed by atoms with E-state index in [-0.39, 0.29) is 0 Å². The van der Waals surface area contributed by atoms with Gasteiger partial charge in [0.25, 0.3) is 10.0 Å². The van der Waals surface area contributed by atoms with Crippen molar-refractivity contribution in [2.45, 2.75) is 17.6 Å². The molecule has 0 aliphatic carbocycles. The zero-order valence-corrected chi connectivity index (χ0v) is 14.7. The number of nitrogens with zero attached hydrogens (tertiary/aromatic N) is 2. The summed E-state index contributed by atoms with van der Waals surface area (Å²) in [6.45, 7) is 8.78. The van der Waals surface area contributed by atoms with E-state index in [4.69, 9.17) is 0 Å². The molecule has 0 radical (unpaired) electrons. The Morgan fingerprint density at radius 3 is 2.70 bits per heavy atom. The van der Waals surface area contributed by atoms with Crippen LogP contribution < -0.4 is 10.6 Å². The molecule has 1 aliphatic rings. The normalized spacial score (nSPS) is 17.9. The van der Waals surface area contributed by atoms with Gasteiger partial charge in [0.1, 0.15) is 4.21 Å². The van der Waals surface area contributed by atoms with E-state index < -0.39 is 10.0 Å². The summed E-state index contributed by atoms with van der Waals surface area (Å²) in [5.74, 6) is 0. The maximum Gasteiger partial charge on any atom is 0.277 e. The Morgan fingerprint density at radius 1 is 1.39 bits per heavy atom. The van der Waals surface area contributed by atoms with E-state index in [1.807, 2.05) is 25.1 Å². The van der Waals surface area contributed by atoms with Crippen LogP contribution in [0.2, 0.25) is 0 Å². The van der Waals surface area contributed by atoms with Gasteiger partial charge in [-0.3, -0.25) is 4.90 Å². The van der Waals surface area contributed by atoms with Crippen LogP contribution in [0.25, 0.3) is 11.6 Å². The Hall–Kier alpha value is -1.63. The summed E-state index contributed by atoms with van der Waals surface area (Å²) < 4.78 is 27.3.